The van der Waals surface area contributed by atoms with Gasteiger partial charge in [-0.1, -0.05) is 15.9 Å². The quantitative estimate of drug-likeness (QED) is 0.805. The fourth-order valence-corrected chi connectivity index (χ4v) is 3.14. The van der Waals surface area contributed by atoms with E-state index in [4.69, 9.17) is 5.73 Å². The average molecular weight is 377 g/mol. The maximum Gasteiger partial charge on any atom is 0.243 e. The highest BCUT2D eigenvalue weighted by atomic mass is 79.9. The molecule has 0 aliphatic carbocycles. The molecule has 21 heavy (non-hydrogen) atoms. The third-order valence-corrected chi connectivity index (χ3v) is 4.63. The predicted molar refractivity (Wildman–Crippen MR) is 78.9 cm³/mol. The second kappa shape index (κ2) is 6.08. The van der Waals surface area contributed by atoms with Crippen molar-refractivity contribution < 1.29 is 17.2 Å². The SMILES string of the molecule is Nc1ccc(S(=O)(=O)NCc2cc(Br)ccc2F)c(F)c1. The summed E-state index contributed by atoms with van der Waals surface area (Å²) in [5.41, 5.74) is 5.62. The maximum atomic E-state index is 13.6. The molecule has 0 fully saturated rings. The van der Waals surface area contributed by atoms with Gasteiger partial charge in [0.1, 0.15) is 16.5 Å². The number of halogens is 3. The van der Waals surface area contributed by atoms with Gasteiger partial charge < -0.3 is 5.73 Å². The molecule has 112 valence electrons. The zero-order valence-corrected chi connectivity index (χ0v) is 13.0. The Morgan fingerprint density at radius 1 is 1.10 bits per heavy atom. The molecule has 2 aromatic carbocycles. The third-order valence-electron chi connectivity index (χ3n) is 2.71. The van der Waals surface area contributed by atoms with Gasteiger partial charge in [-0.15, -0.1) is 0 Å². The van der Waals surface area contributed by atoms with Gasteiger partial charge in [-0.2, -0.15) is 0 Å². The lowest BCUT2D eigenvalue weighted by Crippen LogP contribution is -2.24. The number of hydrogen-bond donors (Lipinski definition) is 2. The fraction of sp³-hybridized carbons (Fsp3) is 0.0769. The van der Waals surface area contributed by atoms with Crippen LogP contribution < -0.4 is 10.5 Å². The van der Waals surface area contributed by atoms with E-state index in [9.17, 15) is 17.2 Å². The Hall–Kier alpha value is -1.51. The van der Waals surface area contributed by atoms with Crippen molar-refractivity contribution in [2.45, 2.75) is 11.4 Å². The molecule has 0 unspecified atom stereocenters. The van der Waals surface area contributed by atoms with E-state index in [1.54, 1.807) is 0 Å². The van der Waals surface area contributed by atoms with Crippen molar-refractivity contribution in [3.8, 4) is 0 Å². The van der Waals surface area contributed by atoms with Crippen molar-refractivity contribution in [3.63, 3.8) is 0 Å². The van der Waals surface area contributed by atoms with Crippen LogP contribution in [-0.4, -0.2) is 8.42 Å². The molecular weight excluding hydrogens is 366 g/mol. The first-order chi connectivity index (χ1) is 9.79. The highest BCUT2D eigenvalue weighted by Gasteiger charge is 2.19. The normalized spacial score (nSPS) is 11.6. The number of anilines is 1. The van der Waals surface area contributed by atoms with Gasteiger partial charge in [0.25, 0.3) is 0 Å². The van der Waals surface area contributed by atoms with Crippen molar-refractivity contribution in [2.24, 2.45) is 0 Å². The summed E-state index contributed by atoms with van der Waals surface area (Å²) in [5.74, 6) is -1.52. The summed E-state index contributed by atoms with van der Waals surface area (Å²) in [5, 5.41) is 0. The van der Waals surface area contributed by atoms with E-state index in [0.29, 0.717) is 4.47 Å². The van der Waals surface area contributed by atoms with Crippen LogP contribution in [0.15, 0.2) is 45.8 Å². The molecule has 0 heterocycles. The maximum absolute atomic E-state index is 13.6. The van der Waals surface area contributed by atoms with Crippen molar-refractivity contribution >= 4 is 31.6 Å². The third kappa shape index (κ3) is 3.78. The van der Waals surface area contributed by atoms with Gasteiger partial charge in [0.2, 0.25) is 10.0 Å². The highest BCUT2D eigenvalue weighted by molar-refractivity contribution is 9.10. The number of sulfonamides is 1. The van der Waals surface area contributed by atoms with Crippen LogP contribution >= 0.6 is 15.9 Å². The number of benzene rings is 2. The molecule has 8 heteroatoms. The van der Waals surface area contributed by atoms with Crippen LogP contribution in [0.3, 0.4) is 0 Å². The molecule has 0 aliphatic heterocycles. The van der Waals surface area contributed by atoms with E-state index in [2.05, 4.69) is 20.7 Å². The van der Waals surface area contributed by atoms with Gasteiger partial charge in [-0.3, -0.25) is 0 Å². The Balaban J connectivity index is 2.24. The molecule has 2 rings (SSSR count). The molecule has 0 aliphatic rings. The van der Waals surface area contributed by atoms with E-state index < -0.39 is 26.6 Å². The van der Waals surface area contributed by atoms with Crippen LogP contribution in [0.1, 0.15) is 5.56 Å². The Morgan fingerprint density at radius 3 is 2.48 bits per heavy atom. The van der Waals surface area contributed by atoms with Gasteiger partial charge in [-0.05, 0) is 36.4 Å². The highest BCUT2D eigenvalue weighted by Crippen LogP contribution is 2.19. The largest absolute Gasteiger partial charge is 0.399 e. The zero-order chi connectivity index (χ0) is 15.6. The Labute approximate surface area is 129 Å². The Bertz CT molecular complexity index is 782. The molecule has 0 bridgehead atoms. The monoisotopic (exact) mass is 376 g/mol. The van der Waals surface area contributed by atoms with Crippen LogP contribution in [0.5, 0.6) is 0 Å². The van der Waals surface area contributed by atoms with Crippen molar-refractivity contribution in [2.75, 3.05) is 5.73 Å². The smallest absolute Gasteiger partial charge is 0.243 e. The first-order valence-corrected chi connectivity index (χ1v) is 8.06. The van der Waals surface area contributed by atoms with Crippen LogP contribution in [0.4, 0.5) is 14.5 Å². The first kappa shape index (κ1) is 15.9. The van der Waals surface area contributed by atoms with E-state index in [-0.39, 0.29) is 17.8 Å². The molecule has 3 N–H and O–H groups in total. The number of nitrogen functional groups attached to an aromatic ring is 1. The number of rotatable bonds is 4. The lowest BCUT2D eigenvalue weighted by molar-refractivity contribution is 0.554. The molecule has 0 saturated carbocycles. The van der Waals surface area contributed by atoms with E-state index in [1.807, 2.05) is 0 Å². The molecule has 0 spiro atoms. The van der Waals surface area contributed by atoms with E-state index in [1.165, 1.54) is 24.3 Å². The minimum atomic E-state index is -4.10. The molecular formula is C13H11BrF2N2O2S. The van der Waals surface area contributed by atoms with E-state index >= 15 is 0 Å². The molecule has 0 saturated heterocycles. The number of nitrogens with two attached hydrogens (primary N) is 1. The molecule has 0 atom stereocenters. The van der Waals surface area contributed by atoms with Crippen LogP contribution in [0.25, 0.3) is 0 Å². The van der Waals surface area contributed by atoms with Gasteiger partial charge in [0.05, 0.1) is 0 Å². The first-order valence-electron chi connectivity index (χ1n) is 5.78. The molecule has 2 aromatic rings. The second-order valence-electron chi connectivity index (χ2n) is 4.25. The zero-order valence-electron chi connectivity index (χ0n) is 10.6. The summed E-state index contributed by atoms with van der Waals surface area (Å²) in [6.45, 7) is -0.294. The summed E-state index contributed by atoms with van der Waals surface area (Å²) in [6.07, 6.45) is 0. The summed E-state index contributed by atoms with van der Waals surface area (Å²) in [7, 11) is -4.10. The van der Waals surface area contributed by atoms with Gasteiger partial charge in [0.15, 0.2) is 0 Å². The van der Waals surface area contributed by atoms with Gasteiger partial charge in [0, 0.05) is 22.3 Å². The molecule has 0 aromatic heterocycles. The lowest BCUT2D eigenvalue weighted by Gasteiger charge is -2.09. The van der Waals surface area contributed by atoms with Crippen molar-refractivity contribution in [3.05, 3.63) is 58.1 Å². The summed E-state index contributed by atoms with van der Waals surface area (Å²) >= 11 is 3.16. The number of hydrogen-bond acceptors (Lipinski definition) is 3. The predicted octanol–water partition coefficient (Wildman–Crippen LogP) is 2.79. The minimum Gasteiger partial charge on any atom is -0.399 e. The van der Waals surface area contributed by atoms with Gasteiger partial charge >= 0.3 is 0 Å². The Kier molecular flexibility index (Phi) is 4.60. The van der Waals surface area contributed by atoms with Crippen LogP contribution in [-0.2, 0) is 16.6 Å². The van der Waals surface area contributed by atoms with Crippen LogP contribution in [0.2, 0.25) is 0 Å². The average Bonchev–Trinajstić information content (AvgIpc) is 2.39. The van der Waals surface area contributed by atoms with Crippen LogP contribution in [0, 0.1) is 11.6 Å². The second-order valence-corrected chi connectivity index (χ2v) is 6.90. The summed E-state index contributed by atoms with van der Waals surface area (Å²) in [6, 6.07) is 7.39. The lowest BCUT2D eigenvalue weighted by atomic mass is 10.2. The number of nitrogens with one attached hydrogen (secondary N) is 1. The van der Waals surface area contributed by atoms with E-state index in [0.717, 1.165) is 12.1 Å². The fourth-order valence-electron chi connectivity index (χ4n) is 1.66. The minimum absolute atomic E-state index is 0.115. The van der Waals surface area contributed by atoms with Crippen molar-refractivity contribution in [1.82, 2.24) is 4.72 Å². The van der Waals surface area contributed by atoms with Crippen molar-refractivity contribution in [1.29, 1.82) is 0 Å². The summed E-state index contributed by atoms with van der Waals surface area (Å²) in [4.78, 5) is -0.535. The standard InChI is InChI=1S/C13H11BrF2N2O2S/c14-9-1-3-11(15)8(5-9)7-18-21(19,20)13-4-2-10(17)6-12(13)16/h1-6,18H,7,17H2. The van der Waals surface area contributed by atoms with Gasteiger partial charge in [-0.25, -0.2) is 21.9 Å². The summed E-state index contributed by atoms with van der Waals surface area (Å²) < 4.78 is 53.9. The molecule has 4 nitrogen and oxygen atoms in total. The topological polar surface area (TPSA) is 72.2 Å². The molecule has 0 radical (unpaired) electrons. The molecule has 0 amide bonds. The Morgan fingerprint density at radius 2 is 1.81 bits per heavy atom.